The molecule has 4 aromatic rings. The van der Waals surface area contributed by atoms with Gasteiger partial charge in [0.15, 0.2) is 0 Å². The number of methoxy groups -OCH3 is 1. The zero-order valence-electron chi connectivity index (χ0n) is 19.0. The fourth-order valence-electron chi connectivity index (χ4n) is 4.50. The van der Waals surface area contributed by atoms with E-state index in [1.807, 2.05) is 71.6 Å². The zero-order valence-corrected chi connectivity index (χ0v) is 19.7. The van der Waals surface area contributed by atoms with Gasteiger partial charge in [-0.05, 0) is 61.0 Å². The van der Waals surface area contributed by atoms with Crippen LogP contribution in [0.15, 0.2) is 72.8 Å². The van der Waals surface area contributed by atoms with E-state index in [4.69, 9.17) is 26.1 Å². The molecule has 34 heavy (non-hydrogen) atoms. The summed E-state index contributed by atoms with van der Waals surface area (Å²) in [6, 6.07) is 23.2. The Morgan fingerprint density at radius 2 is 1.82 bits per heavy atom. The van der Waals surface area contributed by atoms with E-state index in [-0.39, 0.29) is 11.8 Å². The summed E-state index contributed by atoms with van der Waals surface area (Å²) in [6.45, 7) is 1.93. The summed E-state index contributed by atoms with van der Waals surface area (Å²) in [5.41, 5.74) is 2.85. The summed E-state index contributed by atoms with van der Waals surface area (Å²) < 4.78 is 13.4. The van der Waals surface area contributed by atoms with Gasteiger partial charge in [0.05, 0.1) is 24.8 Å². The van der Waals surface area contributed by atoms with E-state index in [2.05, 4.69) is 10.6 Å². The maximum Gasteiger partial charge on any atom is 0.227 e. The van der Waals surface area contributed by atoms with Crippen molar-refractivity contribution in [1.82, 2.24) is 9.55 Å². The molecule has 6 nitrogen and oxygen atoms in total. The van der Waals surface area contributed by atoms with Gasteiger partial charge in [0, 0.05) is 36.1 Å². The van der Waals surface area contributed by atoms with Gasteiger partial charge in [0.2, 0.25) is 5.91 Å². The van der Waals surface area contributed by atoms with Crippen molar-refractivity contribution in [3.05, 3.63) is 83.6 Å². The molecule has 1 saturated heterocycles. The number of amides is 1. The second kappa shape index (κ2) is 9.77. The molecule has 5 rings (SSSR count). The molecule has 1 aromatic heterocycles. The van der Waals surface area contributed by atoms with Gasteiger partial charge in [-0.2, -0.15) is 0 Å². The number of rotatable bonds is 8. The largest absolute Gasteiger partial charge is 0.497 e. The molecule has 1 atom stereocenters. The van der Waals surface area contributed by atoms with Crippen LogP contribution < -0.4 is 14.4 Å². The highest BCUT2D eigenvalue weighted by Gasteiger charge is 2.34. The molecule has 0 spiro atoms. The molecule has 1 aliphatic rings. The lowest BCUT2D eigenvalue weighted by molar-refractivity contribution is -0.117. The fraction of sp³-hybridized carbons (Fsp3) is 0.259. The number of aromatic nitrogens is 2. The first kappa shape index (κ1) is 22.3. The molecule has 0 radical (unpaired) electrons. The molecule has 0 bridgehead atoms. The SMILES string of the molecule is COc1ccc(OCCCn2c([C@@H]3CC(=O)N(c4cccc(Cl)c4)C3)nc3ccccc32)cc1. The van der Waals surface area contributed by atoms with E-state index in [9.17, 15) is 4.79 Å². The number of fused-ring (bicyclic) bond motifs is 1. The summed E-state index contributed by atoms with van der Waals surface area (Å²) in [4.78, 5) is 19.6. The first-order chi connectivity index (χ1) is 16.6. The van der Waals surface area contributed by atoms with Crippen LogP contribution in [-0.4, -0.2) is 35.7 Å². The molecule has 7 heteroatoms. The monoisotopic (exact) mass is 475 g/mol. The topological polar surface area (TPSA) is 56.6 Å². The van der Waals surface area contributed by atoms with Crippen molar-refractivity contribution >= 4 is 34.2 Å². The van der Waals surface area contributed by atoms with Crippen molar-refractivity contribution < 1.29 is 14.3 Å². The number of anilines is 1. The number of aryl methyl sites for hydroxylation is 1. The number of ether oxygens (including phenoxy) is 2. The Balaban J connectivity index is 1.32. The Labute approximate surface area is 203 Å². The standard InChI is InChI=1S/C27H26ClN3O3/c1-33-22-10-12-23(13-11-22)34-15-5-14-30-25-9-3-2-8-24(25)29-27(30)19-16-26(32)31(18-19)21-7-4-6-20(28)17-21/h2-4,6-13,17,19H,5,14-16,18H2,1H3/t19-/m1/s1. The van der Waals surface area contributed by atoms with E-state index in [0.717, 1.165) is 47.0 Å². The van der Waals surface area contributed by atoms with Crippen LogP contribution in [0.2, 0.25) is 5.02 Å². The number of benzene rings is 3. The molecule has 0 unspecified atom stereocenters. The van der Waals surface area contributed by atoms with Crippen molar-refractivity contribution in [2.75, 3.05) is 25.2 Å². The summed E-state index contributed by atoms with van der Waals surface area (Å²) in [5, 5.41) is 0.623. The third kappa shape index (κ3) is 4.59. The molecule has 1 amide bonds. The summed E-state index contributed by atoms with van der Waals surface area (Å²) in [7, 11) is 1.65. The van der Waals surface area contributed by atoms with Crippen LogP contribution in [0.1, 0.15) is 24.6 Å². The second-order valence-corrected chi connectivity index (χ2v) is 8.81. The zero-order chi connectivity index (χ0) is 23.5. The van der Waals surface area contributed by atoms with Crippen LogP contribution in [-0.2, 0) is 11.3 Å². The van der Waals surface area contributed by atoms with Gasteiger partial charge in [-0.3, -0.25) is 4.79 Å². The van der Waals surface area contributed by atoms with Gasteiger partial charge >= 0.3 is 0 Å². The molecule has 1 aliphatic heterocycles. The molecule has 0 N–H and O–H groups in total. The van der Waals surface area contributed by atoms with Gasteiger partial charge in [0.1, 0.15) is 17.3 Å². The number of imidazole rings is 1. The Morgan fingerprint density at radius 3 is 2.62 bits per heavy atom. The van der Waals surface area contributed by atoms with Crippen LogP contribution >= 0.6 is 11.6 Å². The smallest absolute Gasteiger partial charge is 0.227 e. The minimum Gasteiger partial charge on any atom is -0.497 e. The van der Waals surface area contributed by atoms with Gasteiger partial charge in [-0.15, -0.1) is 0 Å². The quantitative estimate of drug-likeness (QED) is 0.307. The number of hydrogen-bond acceptors (Lipinski definition) is 4. The third-order valence-corrected chi connectivity index (χ3v) is 6.38. The number of halogens is 1. The fourth-order valence-corrected chi connectivity index (χ4v) is 4.68. The normalized spacial score (nSPS) is 15.8. The van der Waals surface area contributed by atoms with E-state index in [0.29, 0.717) is 24.6 Å². The van der Waals surface area contributed by atoms with Gasteiger partial charge < -0.3 is 18.9 Å². The highest BCUT2D eigenvalue weighted by Crippen LogP contribution is 2.34. The number of nitrogens with zero attached hydrogens (tertiary/aromatic N) is 3. The Morgan fingerprint density at radius 1 is 1.03 bits per heavy atom. The number of carbonyl (C=O) groups excluding carboxylic acids is 1. The van der Waals surface area contributed by atoms with Gasteiger partial charge in [0.25, 0.3) is 0 Å². The van der Waals surface area contributed by atoms with Crippen molar-refractivity contribution in [1.29, 1.82) is 0 Å². The lowest BCUT2D eigenvalue weighted by atomic mass is 10.1. The van der Waals surface area contributed by atoms with Crippen molar-refractivity contribution in [2.24, 2.45) is 0 Å². The second-order valence-electron chi connectivity index (χ2n) is 8.37. The van der Waals surface area contributed by atoms with Crippen LogP contribution in [0, 0.1) is 0 Å². The van der Waals surface area contributed by atoms with Gasteiger partial charge in [-0.25, -0.2) is 4.98 Å². The van der Waals surface area contributed by atoms with Crippen LogP contribution in [0.25, 0.3) is 11.0 Å². The summed E-state index contributed by atoms with van der Waals surface area (Å²) in [6.07, 6.45) is 1.25. The first-order valence-electron chi connectivity index (χ1n) is 11.4. The molecule has 2 heterocycles. The molecule has 0 saturated carbocycles. The number of carbonyl (C=O) groups is 1. The highest BCUT2D eigenvalue weighted by molar-refractivity contribution is 6.30. The van der Waals surface area contributed by atoms with Crippen LogP contribution in [0.5, 0.6) is 11.5 Å². The van der Waals surface area contributed by atoms with Crippen molar-refractivity contribution in [3.63, 3.8) is 0 Å². The summed E-state index contributed by atoms with van der Waals surface area (Å²) >= 11 is 6.16. The molecule has 174 valence electrons. The van der Waals surface area contributed by atoms with E-state index in [1.54, 1.807) is 7.11 Å². The van der Waals surface area contributed by atoms with E-state index >= 15 is 0 Å². The molecule has 3 aromatic carbocycles. The molecule has 1 fully saturated rings. The van der Waals surface area contributed by atoms with Crippen LogP contribution in [0.4, 0.5) is 5.69 Å². The van der Waals surface area contributed by atoms with E-state index < -0.39 is 0 Å². The minimum absolute atomic E-state index is 0.0152. The lowest BCUT2D eigenvalue weighted by Gasteiger charge is -2.18. The average molecular weight is 476 g/mol. The minimum atomic E-state index is 0.0152. The van der Waals surface area contributed by atoms with Gasteiger partial charge in [-0.1, -0.05) is 29.8 Å². The Bertz CT molecular complexity index is 1300. The molecule has 0 aliphatic carbocycles. The van der Waals surface area contributed by atoms with E-state index in [1.165, 1.54) is 0 Å². The Kier molecular flexibility index (Phi) is 6.41. The van der Waals surface area contributed by atoms with Crippen LogP contribution in [0.3, 0.4) is 0 Å². The highest BCUT2D eigenvalue weighted by atomic mass is 35.5. The number of para-hydroxylation sites is 2. The predicted octanol–water partition coefficient (Wildman–Crippen LogP) is 5.69. The Hall–Kier alpha value is -3.51. The van der Waals surface area contributed by atoms with Crippen molar-refractivity contribution in [3.8, 4) is 11.5 Å². The first-order valence-corrected chi connectivity index (χ1v) is 11.8. The lowest BCUT2D eigenvalue weighted by Crippen LogP contribution is -2.24. The third-order valence-electron chi connectivity index (χ3n) is 6.15. The van der Waals surface area contributed by atoms with Crippen molar-refractivity contribution in [2.45, 2.75) is 25.3 Å². The molecular formula is C27H26ClN3O3. The number of hydrogen-bond donors (Lipinski definition) is 0. The average Bonchev–Trinajstić information content (AvgIpc) is 3.42. The maximum atomic E-state index is 12.9. The predicted molar refractivity (Wildman–Crippen MR) is 134 cm³/mol. The molecular weight excluding hydrogens is 450 g/mol. The maximum absolute atomic E-state index is 12.9. The summed E-state index contributed by atoms with van der Waals surface area (Å²) in [5.74, 6) is 2.67.